The van der Waals surface area contributed by atoms with Gasteiger partial charge in [0.1, 0.15) is 5.82 Å². The number of aliphatic imine (C=N–C) groups is 1. The van der Waals surface area contributed by atoms with Crippen molar-refractivity contribution in [1.82, 2.24) is 20.2 Å². The normalized spacial score (nSPS) is 11.5. The first kappa shape index (κ1) is 19.7. The summed E-state index contributed by atoms with van der Waals surface area (Å²) in [7, 11) is 0. The highest BCUT2D eigenvalue weighted by molar-refractivity contribution is 5.79. The number of nitrogens with one attached hydrogen (secondary N) is 2. The molecule has 0 fully saturated rings. The molecule has 1 aromatic heterocycles. The van der Waals surface area contributed by atoms with Gasteiger partial charge in [0.15, 0.2) is 5.96 Å². The van der Waals surface area contributed by atoms with E-state index in [4.69, 9.17) is 4.99 Å². The molecular weight excluding hydrogens is 346 g/mol. The lowest BCUT2D eigenvalue weighted by Crippen LogP contribution is -2.37. The maximum absolute atomic E-state index is 4.74. The molecule has 2 N–H and O–H groups in total. The van der Waals surface area contributed by atoms with Crippen LogP contribution in [0.3, 0.4) is 0 Å². The van der Waals surface area contributed by atoms with Crippen LogP contribution in [0.15, 0.2) is 65.9 Å². The Hall–Kier alpha value is -3.08. The predicted octanol–water partition coefficient (Wildman–Crippen LogP) is 3.80. The van der Waals surface area contributed by atoms with E-state index in [2.05, 4.69) is 83.4 Å². The van der Waals surface area contributed by atoms with E-state index in [1.165, 1.54) is 22.3 Å². The van der Waals surface area contributed by atoms with Crippen LogP contribution >= 0.6 is 0 Å². The van der Waals surface area contributed by atoms with Gasteiger partial charge in [0, 0.05) is 25.5 Å². The number of rotatable bonds is 7. The first-order chi connectivity index (χ1) is 13.7. The topological polar surface area (TPSA) is 54.2 Å². The SMILES string of the molecule is CCNC(=NCc1ccc(C)cc1C)NCc1nccn1Cc1ccccc1. The van der Waals surface area contributed by atoms with E-state index in [-0.39, 0.29) is 0 Å². The first-order valence-corrected chi connectivity index (χ1v) is 9.78. The summed E-state index contributed by atoms with van der Waals surface area (Å²) in [5.74, 6) is 1.79. The third-order valence-electron chi connectivity index (χ3n) is 4.66. The lowest BCUT2D eigenvalue weighted by atomic mass is 10.1. The highest BCUT2D eigenvalue weighted by atomic mass is 15.2. The summed E-state index contributed by atoms with van der Waals surface area (Å²) in [6, 6.07) is 16.9. The van der Waals surface area contributed by atoms with Crippen molar-refractivity contribution in [2.24, 2.45) is 4.99 Å². The second-order valence-corrected chi connectivity index (χ2v) is 6.94. The van der Waals surface area contributed by atoms with Gasteiger partial charge in [-0.15, -0.1) is 0 Å². The number of aryl methyl sites for hydroxylation is 2. The van der Waals surface area contributed by atoms with E-state index in [0.717, 1.165) is 24.9 Å². The Bertz CT molecular complexity index is 912. The van der Waals surface area contributed by atoms with Crippen molar-refractivity contribution in [1.29, 1.82) is 0 Å². The highest BCUT2D eigenvalue weighted by Gasteiger charge is 2.06. The number of aromatic nitrogens is 2. The number of nitrogens with zero attached hydrogens (tertiary/aromatic N) is 3. The molecule has 0 amide bonds. The number of guanidine groups is 1. The molecule has 1 heterocycles. The lowest BCUT2D eigenvalue weighted by molar-refractivity contribution is 0.688. The molecule has 0 aliphatic rings. The minimum Gasteiger partial charge on any atom is -0.357 e. The molecule has 0 aliphatic carbocycles. The molecule has 0 atom stereocenters. The molecule has 146 valence electrons. The highest BCUT2D eigenvalue weighted by Crippen LogP contribution is 2.11. The Labute approximate surface area is 167 Å². The molecule has 5 heteroatoms. The Kier molecular flexibility index (Phi) is 6.84. The van der Waals surface area contributed by atoms with Gasteiger partial charge in [-0.1, -0.05) is 54.1 Å². The third kappa shape index (κ3) is 5.46. The van der Waals surface area contributed by atoms with Crippen molar-refractivity contribution >= 4 is 5.96 Å². The zero-order chi connectivity index (χ0) is 19.8. The average molecular weight is 376 g/mol. The smallest absolute Gasteiger partial charge is 0.191 e. The van der Waals surface area contributed by atoms with Gasteiger partial charge in [0.2, 0.25) is 0 Å². The molecule has 5 nitrogen and oxygen atoms in total. The van der Waals surface area contributed by atoms with Crippen LogP contribution in [-0.2, 0) is 19.6 Å². The number of imidazole rings is 1. The van der Waals surface area contributed by atoms with Crippen molar-refractivity contribution in [3.8, 4) is 0 Å². The van der Waals surface area contributed by atoms with Gasteiger partial charge in [-0.05, 0) is 37.5 Å². The minimum absolute atomic E-state index is 0.624. The standard InChI is InChI=1S/C23H29N5/c1-4-24-23(26-15-21-11-10-18(2)14-19(21)3)27-16-22-25-12-13-28(22)17-20-8-6-5-7-9-20/h5-14H,4,15-17H2,1-3H3,(H2,24,26,27). The van der Waals surface area contributed by atoms with E-state index in [0.29, 0.717) is 13.1 Å². The molecule has 0 radical (unpaired) electrons. The van der Waals surface area contributed by atoms with E-state index in [9.17, 15) is 0 Å². The van der Waals surface area contributed by atoms with Crippen molar-refractivity contribution in [2.45, 2.75) is 40.4 Å². The van der Waals surface area contributed by atoms with Crippen LogP contribution in [0, 0.1) is 13.8 Å². The van der Waals surface area contributed by atoms with Crippen LogP contribution in [0.1, 0.15) is 35.0 Å². The Morgan fingerprint density at radius 3 is 2.64 bits per heavy atom. The number of benzene rings is 2. The Morgan fingerprint density at radius 1 is 1.07 bits per heavy atom. The van der Waals surface area contributed by atoms with Gasteiger partial charge in [-0.25, -0.2) is 9.98 Å². The third-order valence-corrected chi connectivity index (χ3v) is 4.66. The zero-order valence-electron chi connectivity index (χ0n) is 16.9. The van der Waals surface area contributed by atoms with Gasteiger partial charge < -0.3 is 15.2 Å². The molecular formula is C23H29N5. The molecule has 0 saturated heterocycles. The molecule has 0 spiro atoms. The van der Waals surface area contributed by atoms with Crippen LogP contribution in [0.25, 0.3) is 0 Å². The van der Waals surface area contributed by atoms with Gasteiger partial charge in [0.25, 0.3) is 0 Å². The largest absolute Gasteiger partial charge is 0.357 e. The van der Waals surface area contributed by atoms with E-state index in [1.807, 2.05) is 18.5 Å². The molecule has 2 aromatic carbocycles. The summed E-state index contributed by atoms with van der Waals surface area (Å²) in [6.07, 6.45) is 3.86. The summed E-state index contributed by atoms with van der Waals surface area (Å²) in [4.78, 5) is 9.25. The fourth-order valence-electron chi connectivity index (χ4n) is 3.12. The van der Waals surface area contributed by atoms with Crippen LogP contribution < -0.4 is 10.6 Å². The predicted molar refractivity (Wildman–Crippen MR) is 115 cm³/mol. The van der Waals surface area contributed by atoms with Crippen molar-refractivity contribution in [3.05, 3.63) is 89.0 Å². The van der Waals surface area contributed by atoms with Crippen LogP contribution in [0.2, 0.25) is 0 Å². The minimum atomic E-state index is 0.624. The average Bonchev–Trinajstić information content (AvgIpc) is 3.13. The molecule has 0 unspecified atom stereocenters. The van der Waals surface area contributed by atoms with Crippen molar-refractivity contribution in [3.63, 3.8) is 0 Å². The second-order valence-electron chi connectivity index (χ2n) is 6.94. The maximum Gasteiger partial charge on any atom is 0.191 e. The van der Waals surface area contributed by atoms with E-state index < -0.39 is 0 Å². The van der Waals surface area contributed by atoms with E-state index >= 15 is 0 Å². The summed E-state index contributed by atoms with van der Waals surface area (Å²) in [5, 5.41) is 6.72. The van der Waals surface area contributed by atoms with Gasteiger partial charge in [0.05, 0.1) is 13.1 Å². The van der Waals surface area contributed by atoms with Crippen molar-refractivity contribution in [2.75, 3.05) is 6.54 Å². The monoisotopic (exact) mass is 375 g/mol. The quantitative estimate of drug-likeness (QED) is 0.488. The van der Waals surface area contributed by atoms with Gasteiger partial charge in [-0.2, -0.15) is 0 Å². The summed E-state index contributed by atoms with van der Waals surface area (Å²) < 4.78 is 2.16. The van der Waals surface area contributed by atoms with Gasteiger partial charge in [-0.3, -0.25) is 0 Å². The van der Waals surface area contributed by atoms with Crippen molar-refractivity contribution < 1.29 is 0 Å². The molecule has 28 heavy (non-hydrogen) atoms. The van der Waals surface area contributed by atoms with Crippen LogP contribution in [-0.4, -0.2) is 22.1 Å². The van der Waals surface area contributed by atoms with Crippen LogP contribution in [0.4, 0.5) is 0 Å². The van der Waals surface area contributed by atoms with Crippen LogP contribution in [0.5, 0.6) is 0 Å². The second kappa shape index (κ2) is 9.74. The molecule has 3 rings (SSSR count). The first-order valence-electron chi connectivity index (χ1n) is 9.78. The molecule has 0 saturated carbocycles. The van der Waals surface area contributed by atoms with Gasteiger partial charge >= 0.3 is 0 Å². The summed E-state index contributed by atoms with van der Waals surface area (Å²) in [5.41, 5.74) is 5.06. The Balaban J connectivity index is 1.64. The lowest BCUT2D eigenvalue weighted by Gasteiger charge is -2.13. The summed E-state index contributed by atoms with van der Waals surface area (Å²) >= 11 is 0. The zero-order valence-corrected chi connectivity index (χ0v) is 16.9. The molecule has 3 aromatic rings. The number of hydrogen-bond donors (Lipinski definition) is 2. The maximum atomic E-state index is 4.74. The summed E-state index contributed by atoms with van der Waals surface area (Å²) in [6.45, 7) is 9.23. The Morgan fingerprint density at radius 2 is 1.89 bits per heavy atom. The van der Waals surface area contributed by atoms with E-state index in [1.54, 1.807) is 0 Å². The fraction of sp³-hybridized carbons (Fsp3) is 0.304. The molecule has 0 bridgehead atoms. The fourth-order valence-corrected chi connectivity index (χ4v) is 3.12. The number of hydrogen-bond acceptors (Lipinski definition) is 2. The molecule has 0 aliphatic heterocycles.